The molecule has 4 heteroatoms. The van der Waals surface area contributed by atoms with Crippen LogP contribution in [0.5, 0.6) is 5.75 Å². The maximum Gasteiger partial charge on any atom is 0.142 e. The molecule has 20 heavy (non-hydrogen) atoms. The van der Waals surface area contributed by atoms with Crippen molar-refractivity contribution in [2.24, 2.45) is 0 Å². The molecule has 0 atom stereocenters. The molecule has 0 amide bonds. The summed E-state index contributed by atoms with van der Waals surface area (Å²) in [7, 11) is 0. The van der Waals surface area contributed by atoms with Crippen molar-refractivity contribution in [1.29, 1.82) is 0 Å². The molecule has 0 radical (unpaired) electrons. The summed E-state index contributed by atoms with van der Waals surface area (Å²) in [6, 6.07) is 6.02. The molecule has 0 saturated heterocycles. The predicted octanol–water partition coefficient (Wildman–Crippen LogP) is 2.61. The maximum atomic E-state index is 5.94. The van der Waals surface area contributed by atoms with Crippen LogP contribution in [0.25, 0.3) is 0 Å². The molecule has 0 aliphatic rings. The first-order valence-corrected chi connectivity index (χ1v) is 7.47. The third-order valence-corrected chi connectivity index (χ3v) is 2.91. The summed E-state index contributed by atoms with van der Waals surface area (Å²) in [5.74, 6) is 0.773. The summed E-state index contributed by atoms with van der Waals surface area (Å²) in [6.45, 7) is 9.48. The van der Waals surface area contributed by atoms with Gasteiger partial charge in [-0.05, 0) is 64.4 Å². The van der Waals surface area contributed by atoms with Gasteiger partial charge in [0.25, 0.3) is 0 Å². The quantitative estimate of drug-likeness (QED) is 0.511. The fraction of sp³-hybridized carbons (Fsp3) is 0.625. The van der Waals surface area contributed by atoms with Crippen molar-refractivity contribution in [3.63, 3.8) is 0 Å². The Bertz CT molecular complexity index is 381. The summed E-state index contributed by atoms with van der Waals surface area (Å²) in [4.78, 5) is 0. The van der Waals surface area contributed by atoms with Gasteiger partial charge in [0.05, 0.1) is 18.4 Å². The standard InChI is InChI=1S/C16H28N2O2/c1-4-19-16-7-6-14(12-15(16)17)8-10-18-9-5-11-20-13(2)3/h6-7,12-13,18H,4-5,8-11,17H2,1-3H3. The van der Waals surface area contributed by atoms with E-state index in [1.165, 1.54) is 5.56 Å². The first-order chi connectivity index (χ1) is 9.63. The van der Waals surface area contributed by atoms with Crippen molar-refractivity contribution >= 4 is 5.69 Å². The summed E-state index contributed by atoms with van der Waals surface area (Å²) < 4.78 is 10.9. The van der Waals surface area contributed by atoms with Crippen LogP contribution < -0.4 is 15.8 Å². The zero-order chi connectivity index (χ0) is 14.8. The molecule has 3 N–H and O–H groups in total. The van der Waals surface area contributed by atoms with Crippen molar-refractivity contribution in [3.8, 4) is 5.75 Å². The van der Waals surface area contributed by atoms with Gasteiger partial charge < -0.3 is 20.5 Å². The van der Waals surface area contributed by atoms with E-state index in [4.69, 9.17) is 15.2 Å². The van der Waals surface area contributed by atoms with Crippen LogP contribution in [0.2, 0.25) is 0 Å². The normalized spacial score (nSPS) is 11.0. The molecule has 4 nitrogen and oxygen atoms in total. The van der Waals surface area contributed by atoms with E-state index in [-0.39, 0.29) is 0 Å². The Morgan fingerprint density at radius 2 is 2.05 bits per heavy atom. The van der Waals surface area contributed by atoms with Crippen LogP contribution in [-0.4, -0.2) is 32.4 Å². The minimum atomic E-state index is 0.321. The van der Waals surface area contributed by atoms with E-state index in [0.717, 1.165) is 44.0 Å². The van der Waals surface area contributed by atoms with Gasteiger partial charge in [0.15, 0.2) is 0 Å². The van der Waals surface area contributed by atoms with Crippen molar-refractivity contribution < 1.29 is 9.47 Å². The monoisotopic (exact) mass is 280 g/mol. The lowest BCUT2D eigenvalue weighted by Gasteiger charge is -2.10. The number of benzene rings is 1. The zero-order valence-corrected chi connectivity index (χ0v) is 12.9. The van der Waals surface area contributed by atoms with Gasteiger partial charge in [-0.1, -0.05) is 6.07 Å². The minimum absolute atomic E-state index is 0.321. The van der Waals surface area contributed by atoms with Gasteiger partial charge in [-0.2, -0.15) is 0 Å². The third kappa shape index (κ3) is 6.78. The average Bonchev–Trinajstić information content (AvgIpc) is 2.40. The third-order valence-electron chi connectivity index (χ3n) is 2.91. The summed E-state index contributed by atoms with van der Waals surface area (Å²) >= 11 is 0. The van der Waals surface area contributed by atoms with Crippen molar-refractivity contribution in [1.82, 2.24) is 5.32 Å². The average molecular weight is 280 g/mol. The van der Waals surface area contributed by atoms with Crippen molar-refractivity contribution in [2.75, 3.05) is 32.0 Å². The molecule has 1 rings (SSSR count). The number of anilines is 1. The van der Waals surface area contributed by atoms with E-state index in [9.17, 15) is 0 Å². The number of rotatable bonds is 10. The van der Waals surface area contributed by atoms with Crippen LogP contribution in [0.1, 0.15) is 32.8 Å². The zero-order valence-electron chi connectivity index (χ0n) is 12.9. The topological polar surface area (TPSA) is 56.5 Å². The molecule has 0 fully saturated rings. The van der Waals surface area contributed by atoms with Gasteiger partial charge in [0.1, 0.15) is 5.75 Å². The number of hydrogen-bond acceptors (Lipinski definition) is 4. The summed E-state index contributed by atoms with van der Waals surface area (Å²) in [6.07, 6.45) is 2.34. The molecule has 0 heterocycles. The lowest BCUT2D eigenvalue weighted by Crippen LogP contribution is -2.20. The molecule has 0 aliphatic carbocycles. The smallest absolute Gasteiger partial charge is 0.142 e. The first kappa shape index (κ1) is 16.8. The fourth-order valence-corrected chi connectivity index (χ4v) is 1.91. The minimum Gasteiger partial charge on any atom is -0.492 e. The van der Waals surface area contributed by atoms with Gasteiger partial charge in [-0.25, -0.2) is 0 Å². The Morgan fingerprint density at radius 1 is 1.25 bits per heavy atom. The lowest BCUT2D eigenvalue weighted by atomic mass is 10.1. The van der Waals surface area contributed by atoms with Crippen LogP contribution in [0.15, 0.2) is 18.2 Å². The number of hydrogen-bond donors (Lipinski definition) is 2. The molecule has 0 saturated carbocycles. The van der Waals surface area contributed by atoms with Crippen LogP contribution >= 0.6 is 0 Å². The largest absolute Gasteiger partial charge is 0.492 e. The van der Waals surface area contributed by atoms with Crippen molar-refractivity contribution in [3.05, 3.63) is 23.8 Å². The Kier molecular flexibility index (Phi) is 8.07. The second kappa shape index (κ2) is 9.61. The molecular formula is C16H28N2O2. The second-order valence-electron chi connectivity index (χ2n) is 5.08. The van der Waals surface area contributed by atoms with Crippen LogP contribution in [0.3, 0.4) is 0 Å². The number of nitrogens with one attached hydrogen (secondary N) is 1. The molecule has 0 bridgehead atoms. The predicted molar refractivity (Wildman–Crippen MR) is 84.3 cm³/mol. The van der Waals surface area contributed by atoms with Gasteiger partial charge >= 0.3 is 0 Å². The highest BCUT2D eigenvalue weighted by molar-refractivity contribution is 5.54. The van der Waals surface area contributed by atoms with E-state index < -0.39 is 0 Å². The van der Waals surface area contributed by atoms with Crippen LogP contribution in [0, 0.1) is 0 Å². The summed E-state index contributed by atoms with van der Waals surface area (Å²) in [5, 5.41) is 3.41. The SMILES string of the molecule is CCOc1ccc(CCNCCCOC(C)C)cc1N. The lowest BCUT2D eigenvalue weighted by molar-refractivity contribution is 0.0771. The molecule has 0 aromatic heterocycles. The molecular weight excluding hydrogens is 252 g/mol. The maximum absolute atomic E-state index is 5.94. The number of ether oxygens (including phenoxy) is 2. The molecule has 1 aromatic rings. The Labute approximate surface area is 122 Å². The van der Waals surface area contributed by atoms with Gasteiger partial charge in [-0.3, -0.25) is 0 Å². The molecule has 1 aromatic carbocycles. The van der Waals surface area contributed by atoms with Crippen molar-refractivity contribution in [2.45, 2.75) is 39.7 Å². The highest BCUT2D eigenvalue weighted by atomic mass is 16.5. The highest BCUT2D eigenvalue weighted by Gasteiger charge is 2.01. The Balaban J connectivity index is 2.17. The Morgan fingerprint density at radius 3 is 2.70 bits per heavy atom. The Hall–Kier alpha value is -1.26. The van der Waals surface area contributed by atoms with Crippen LogP contribution in [0.4, 0.5) is 5.69 Å². The van der Waals surface area contributed by atoms with Crippen LogP contribution in [-0.2, 0) is 11.2 Å². The number of nitrogens with two attached hydrogens (primary N) is 1. The van der Waals surface area contributed by atoms with Gasteiger partial charge in [0.2, 0.25) is 0 Å². The van der Waals surface area contributed by atoms with E-state index in [0.29, 0.717) is 12.7 Å². The molecule has 114 valence electrons. The van der Waals surface area contributed by atoms with E-state index in [1.807, 2.05) is 19.1 Å². The molecule has 0 spiro atoms. The van der Waals surface area contributed by atoms with E-state index in [1.54, 1.807) is 0 Å². The fourth-order valence-electron chi connectivity index (χ4n) is 1.91. The summed E-state index contributed by atoms with van der Waals surface area (Å²) in [5.41, 5.74) is 7.89. The van der Waals surface area contributed by atoms with Gasteiger partial charge in [0, 0.05) is 6.61 Å². The van der Waals surface area contributed by atoms with Gasteiger partial charge in [-0.15, -0.1) is 0 Å². The molecule has 0 aliphatic heterocycles. The highest BCUT2D eigenvalue weighted by Crippen LogP contribution is 2.22. The van der Waals surface area contributed by atoms with E-state index >= 15 is 0 Å². The number of nitrogen functional groups attached to an aromatic ring is 1. The first-order valence-electron chi connectivity index (χ1n) is 7.47. The van der Waals surface area contributed by atoms with E-state index in [2.05, 4.69) is 25.2 Å². The molecule has 0 unspecified atom stereocenters. The second-order valence-corrected chi connectivity index (χ2v) is 5.08.